The molecule has 0 aromatic rings. The number of carbonyl (C=O) groups is 1. The van der Waals surface area contributed by atoms with Gasteiger partial charge >= 0.3 is 0 Å². The highest BCUT2D eigenvalue weighted by Gasteiger charge is 2.24. The van der Waals surface area contributed by atoms with Crippen molar-refractivity contribution >= 4 is 5.91 Å². The maximum Gasteiger partial charge on any atom is 0.217 e. The Balaban J connectivity index is 2.42. The van der Waals surface area contributed by atoms with Gasteiger partial charge in [-0.2, -0.15) is 5.26 Å². The molecule has 0 heterocycles. The maximum absolute atomic E-state index is 11.0. The number of nitrogens with zero attached hydrogens (tertiary/aromatic N) is 1. The average molecular weight is 194 g/mol. The SMILES string of the molecule is CC(=O)N[C@@H]1CCCC[C@H]1CCC#N. The third kappa shape index (κ3) is 3.37. The summed E-state index contributed by atoms with van der Waals surface area (Å²) in [5.74, 6) is 0.575. The van der Waals surface area contributed by atoms with Gasteiger partial charge in [0.25, 0.3) is 0 Å². The number of hydrogen-bond donors (Lipinski definition) is 1. The number of hydrogen-bond acceptors (Lipinski definition) is 2. The van der Waals surface area contributed by atoms with Crippen molar-refractivity contribution in [3.05, 3.63) is 0 Å². The third-order valence-corrected chi connectivity index (χ3v) is 2.92. The van der Waals surface area contributed by atoms with Crippen LogP contribution in [0.15, 0.2) is 0 Å². The molecule has 3 heteroatoms. The van der Waals surface area contributed by atoms with Gasteiger partial charge in [0.1, 0.15) is 0 Å². The van der Waals surface area contributed by atoms with Gasteiger partial charge in [0, 0.05) is 19.4 Å². The largest absolute Gasteiger partial charge is 0.353 e. The number of nitriles is 1. The maximum atomic E-state index is 11.0. The van der Waals surface area contributed by atoms with Crippen LogP contribution in [-0.4, -0.2) is 11.9 Å². The number of nitrogens with one attached hydrogen (secondary N) is 1. The summed E-state index contributed by atoms with van der Waals surface area (Å²) < 4.78 is 0. The van der Waals surface area contributed by atoms with E-state index in [1.54, 1.807) is 6.92 Å². The summed E-state index contributed by atoms with van der Waals surface area (Å²) >= 11 is 0. The first-order chi connectivity index (χ1) is 6.74. The second-order valence-corrected chi connectivity index (χ2v) is 4.05. The first-order valence-electron chi connectivity index (χ1n) is 5.38. The molecule has 1 saturated carbocycles. The van der Waals surface area contributed by atoms with E-state index >= 15 is 0 Å². The Hall–Kier alpha value is -1.04. The van der Waals surface area contributed by atoms with Gasteiger partial charge in [0.05, 0.1) is 6.07 Å². The fourth-order valence-corrected chi connectivity index (χ4v) is 2.25. The van der Waals surface area contributed by atoms with Crippen molar-refractivity contribution in [1.29, 1.82) is 5.26 Å². The predicted molar refractivity (Wildman–Crippen MR) is 54.4 cm³/mol. The Morgan fingerprint density at radius 2 is 2.21 bits per heavy atom. The Labute approximate surface area is 85.5 Å². The summed E-state index contributed by atoms with van der Waals surface area (Å²) in [6.07, 6.45) is 6.23. The normalized spacial score (nSPS) is 26.6. The molecule has 1 fully saturated rings. The van der Waals surface area contributed by atoms with Gasteiger partial charge in [-0.05, 0) is 25.2 Å². The molecule has 1 aliphatic carbocycles. The van der Waals surface area contributed by atoms with E-state index in [1.807, 2.05) is 0 Å². The van der Waals surface area contributed by atoms with E-state index < -0.39 is 0 Å². The second kappa shape index (κ2) is 5.64. The van der Waals surface area contributed by atoms with Crippen LogP contribution in [0.3, 0.4) is 0 Å². The van der Waals surface area contributed by atoms with Crippen LogP contribution in [0.25, 0.3) is 0 Å². The molecule has 0 spiro atoms. The van der Waals surface area contributed by atoms with Gasteiger partial charge in [0.15, 0.2) is 0 Å². The van der Waals surface area contributed by atoms with E-state index in [9.17, 15) is 4.79 Å². The highest BCUT2D eigenvalue weighted by atomic mass is 16.1. The van der Waals surface area contributed by atoms with Crippen LogP contribution in [0.5, 0.6) is 0 Å². The van der Waals surface area contributed by atoms with Crippen LogP contribution in [-0.2, 0) is 4.79 Å². The lowest BCUT2D eigenvalue weighted by Crippen LogP contribution is -2.40. The molecule has 0 unspecified atom stereocenters. The number of amides is 1. The molecular formula is C11H18N2O. The number of rotatable bonds is 3. The third-order valence-electron chi connectivity index (χ3n) is 2.92. The number of carbonyl (C=O) groups excluding carboxylic acids is 1. The molecule has 1 N–H and O–H groups in total. The zero-order chi connectivity index (χ0) is 10.4. The van der Waals surface area contributed by atoms with Crippen LogP contribution in [0.2, 0.25) is 0 Å². The summed E-state index contributed by atoms with van der Waals surface area (Å²) in [7, 11) is 0. The Kier molecular flexibility index (Phi) is 4.45. The van der Waals surface area contributed by atoms with Crippen LogP contribution in [0.1, 0.15) is 45.4 Å². The molecule has 0 aromatic carbocycles. The van der Waals surface area contributed by atoms with Gasteiger partial charge < -0.3 is 5.32 Å². The standard InChI is InChI=1S/C11H18N2O/c1-9(14)13-11-7-3-2-5-10(11)6-4-8-12/h10-11H,2-7H2,1H3,(H,13,14)/t10-,11+/m0/s1. The highest BCUT2D eigenvalue weighted by molar-refractivity contribution is 5.73. The predicted octanol–water partition coefficient (Wildman–Crippen LogP) is 1.99. The quantitative estimate of drug-likeness (QED) is 0.747. The summed E-state index contributed by atoms with van der Waals surface area (Å²) in [6, 6.07) is 2.49. The van der Waals surface area contributed by atoms with Crippen molar-refractivity contribution in [3.8, 4) is 6.07 Å². The molecular weight excluding hydrogens is 176 g/mol. The molecule has 0 bridgehead atoms. The zero-order valence-electron chi connectivity index (χ0n) is 8.75. The van der Waals surface area contributed by atoms with E-state index in [2.05, 4.69) is 11.4 Å². The van der Waals surface area contributed by atoms with E-state index in [0.29, 0.717) is 18.4 Å². The summed E-state index contributed by atoms with van der Waals surface area (Å²) in [5.41, 5.74) is 0. The topological polar surface area (TPSA) is 52.9 Å². The molecule has 3 nitrogen and oxygen atoms in total. The van der Waals surface area contributed by atoms with Crippen molar-refractivity contribution < 1.29 is 4.79 Å². The monoisotopic (exact) mass is 194 g/mol. The zero-order valence-corrected chi connectivity index (χ0v) is 8.75. The molecule has 0 aromatic heterocycles. The van der Waals surface area contributed by atoms with E-state index in [-0.39, 0.29) is 5.91 Å². The molecule has 0 saturated heterocycles. The minimum atomic E-state index is 0.0545. The second-order valence-electron chi connectivity index (χ2n) is 4.05. The van der Waals surface area contributed by atoms with Gasteiger partial charge in [-0.25, -0.2) is 0 Å². The van der Waals surface area contributed by atoms with Gasteiger partial charge in [-0.1, -0.05) is 12.8 Å². The molecule has 0 radical (unpaired) electrons. The van der Waals surface area contributed by atoms with Crippen molar-refractivity contribution in [2.45, 2.75) is 51.5 Å². The minimum Gasteiger partial charge on any atom is -0.353 e. The molecule has 1 rings (SSSR count). The van der Waals surface area contributed by atoms with Gasteiger partial charge in [-0.3, -0.25) is 4.79 Å². The van der Waals surface area contributed by atoms with E-state index in [0.717, 1.165) is 19.3 Å². The lowest BCUT2D eigenvalue weighted by molar-refractivity contribution is -0.120. The van der Waals surface area contributed by atoms with E-state index in [4.69, 9.17) is 5.26 Å². The fraction of sp³-hybridized carbons (Fsp3) is 0.818. The lowest BCUT2D eigenvalue weighted by Gasteiger charge is -2.31. The van der Waals surface area contributed by atoms with Crippen molar-refractivity contribution in [3.63, 3.8) is 0 Å². The lowest BCUT2D eigenvalue weighted by atomic mass is 9.82. The summed E-state index contributed by atoms with van der Waals surface area (Å²) in [5, 5.41) is 11.5. The van der Waals surface area contributed by atoms with Crippen molar-refractivity contribution in [2.24, 2.45) is 5.92 Å². The molecule has 14 heavy (non-hydrogen) atoms. The fourth-order valence-electron chi connectivity index (χ4n) is 2.25. The first-order valence-corrected chi connectivity index (χ1v) is 5.38. The average Bonchev–Trinajstić information content (AvgIpc) is 2.16. The molecule has 2 atom stereocenters. The molecule has 0 aliphatic heterocycles. The Bertz CT molecular complexity index is 232. The van der Waals surface area contributed by atoms with Crippen LogP contribution in [0.4, 0.5) is 0 Å². The Morgan fingerprint density at radius 3 is 2.86 bits per heavy atom. The first kappa shape index (κ1) is 11.0. The van der Waals surface area contributed by atoms with Crippen LogP contribution < -0.4 is 5.32 Å². The van der Waals surface area contributed by atoms with Crippen LogP contribution >= 0.6 is 0 Å². The van der Waals surface area contributed by atoms with Gasteiger partial charge in [-0.15, -0.1) is 0 Å². The summed E-state index contributed by atoms with van der Waals surface area (Å²) in [4.78, 5) is 11.0. The summed E-state index contributed by atoms with van der Waals surface area (Å²) in [6.45, 7) is 1.57. The van der Waals surface area contributed by atoms with Gasteiger partial charge in [0.2, 0.25) is 5.91 Å². The smallest absolute Gasteiger partial charge is 0.217 e. The molecule has 1 aliphatic rings. The highest BCUT2D eigenvalue weighted by Crippen LogP contribution is 2.27. The molecule has 78 valence electrons. The molecule has 1 amide bonds. The van der Waals surface area contributed by atoms with E-state index in [1.165, 1.54) is 12.8 Å². The van der Waals surface area contributed by atoms with Crippen molar-refractivity contribution in [1.82, 2.24) is 5.32 Å². The minimum absolute atomic E-state index is 0.0545. The Morgan fingerprint density at radius 1 is 1.50 bits per heavy atom. The van der Waals surface area contributed by atoms with Crippen LogP contribution in [0, 0.1) is 17.2 Å². The van der Waals surface area contributed by atoms with Crippen molar-refractivity contribution in [2.75, 3.05) is 0 Å².